The highest BCUT2D eigenvalue weighted by molar-refractivity contribution is 5.87. The lowest BCUT2D eigenvalue weighted by Gasteiger charge is -2.36. The molecule has 0 saturated heterocycles. The second kappa shape index (κ2) is 9.93. The van der Waals surface area contributed by atoms with Gasteiger partial charge < -0.3 is 14.2 Å². The van der Waals surface area contributed by atoms with Crippen LogP contribution in [0.25, 0.3) is 16.8 Å². The normalized spacial score (nSPS) is 15.1. The lowest BCUT2D eigenvalue weighted by atomic mass is 9.67. The molecule has 6 aromatic rings. The van der Waals surface area contributed by atoms with Gasteiger partial charge in [-0.25, -0.2) is 4.98 Å². The second-order valence-electron chi connectivity index (χ2n) is 13.0. The number of aromatic nitrogens is 3. The van der Waals surface area contributed by atoms with E-state index in [-0.39, 0.29) is 5.41 Å². The minimum Gasteiger partial charge on any atom is -0.361 e. The summed E-state index contributed by atoms with van der Waals surface area (Å²) in [5, 5.41) is 0. The fraction of sp³-hybridized carbons (Fsp3) is 0.200. The Morgan fingerprint density at radius 2 is 1.44 bits per heavy atom. The van der Waals surface area contributed by atoms with Gasteiger partial charge in [0.25, 0.3) is 0 Å². The van der Waals surface area contributed by atoms with E-state index in [9.17, 15) is 0 Å². The van der Waals surface area contributed by atoms with Crippen LogP contribution in [0.4, 0.5) is 5.69 Å². The molecule has 0 fully saturated rings. The molecule has 4 heterocycles. The van der Waals surface area contributed by atoms with Crippen LogP contribution in [0, 0.1) is 13.8 Å². The van der Waals surface area contributed by atoms with Gasteiger partial charge in [-0.3, -0.25) is 4.98 Å². The van der Waals surface area contributed by atoms with Crippen LogP contribution in [-0.4, -0.2) is 33.0 Å². The van der Waals surface area contributed by atoms with Crippen LogP contribution in [0.1, 0.15) is 58.9 Å². The summed E-state index contributed by atoms with van der Waals surface area (Å²) in [5.41, 5.74) is 13.2. The Morgan fingerprint density at radius 3 is 2.11 bits per heavy atom. The average Bonchev–Trinajstić information content (AvgIpc) is 3.73. The van der Waals surface area contributed by atoms with E-state index in [0.717, 1.165) is 29.4 Å². The number of rotatable bonds is 5. The van der Waals surface area contributed by atoms with Crippen molar-refractivity contribution in [2.24, 2.45) is 0 Å². The third-order valence-corrected chi connectivity index (χ3v) is 10.0. The molecule has 0 radical (unpaired) electrons. The molecule has 0 saturated carbocycles. The summed E-state index contributed by atoms with van der Waals surface area (Å²) in [6, 6.07) is 38.0. The molecule has 222 valence electrons. The molecule has 3 aromatic heterocycles. The summed E-state index contributed by atoms with van der Waals surface area (Å²) in [6.45, 7) is 9.67. The third kappa shape index (κ3) is 3.93. The van der Waals surface area contributed by atoms with Crippen LogP contribution in [0.3, 0.4) is 0 Å². The van der Waals surface area contributed by atoms with Crippen LogP contribution >= 0.6 is 0 Å². The minimum atomic E-state index is -0.553. The fourth-order valence-corrected chi connectivity index (χ4v) is 7.61. The number of pyridine rings is 2. The smallest absolute Gasteiger partial charge is 0.137 e. The zero-order chi connectivity index (χ0) is 30.9. The Labute approximate surface area is 265 Å². The van der Waals surface area contributed by atoms with Crippen molar-refractivity contribution < 1.29 is 0 Å². The van der Waals surface area contributed by atoms with Crippen molar-refractivity contribution in [2.45, 2.75) is 38.5 Å². The van der Waals surface area contributed by atoms with Gasteiger partial charge in [0.1, 0.15) is 5.65 Å². The van der Waals surface area contributed by atoms with E-state index < -0.39 is 5.41 Å². The third-order valence-electron chi connectivity index (χ3n) is 10.0. The molecule has 0 amide bonds. The van der Waals surface area contributed by atoms with Crippen molar-refractivity contribution in [1.82, 2.24) is 19.3 Å². The highest BCUT2D eigenvalue weighted by Gasteiger charge is 2.47. The van der Waals surface area contributed by atoms with Crippen LogP contribution in [0.15, 0.2) is 122 Å². The number of fused-ring (bicyclic) bond motifs is 4. The number of aryl methyl sites for hydroxylation is 2. The Morgan fingerprint density at radius 1 is 0.733 bits per heavy atom. The van der Waals surface area contributed by atoms with Crippen molar-refractivity contribution in [1.29, 1.82) is 0 Å². The highest BCUT2D eigenvalue weighted by Crippen LogP contribution is 2.57. The molecule has 0 spiro atoms. The van der Waals surface area contributed by atoms with Gasteiger partial charge in [-0.15, -0.1) is 0 Å². The average molecular weight is 588 g/mol. The van der Waals surface area contributed by atoms with Gasteiger partial charge in [0, 0.05) is 48.1 Å². The molecule has 0 bridgehead atoms. The fourth-order valence-electron chi connectivity index (χ4n) is 7.61. The van der Waals surface area contributed by atoms with Crippen LogP contribution in [-0.2, 0) is 10.8 Å². The van der Waals surface area contributed by atoms with Crippen molar-refractivity contribution in [2.75, 3.05) is 18.6 Å². The van der Waals surface area contributed by atoms with Crippen LogP contribution < -0.4 is 4.90 Å². The first-order valence-electron chi connectivity index (χ1n) is 15.7. The lowest BCUT2D eigenvalue weighted by molar-refractivity contribution is 0.495. The van der Waals surface area contributed by atoms with Gasteiger partial charge in [0.15, 0.2) is 0 Å². The van der Waals surface area contributed by atoms with E-state index in [2.05, 4.69) is 158 Å². The maximum absolute atomic E-state index is 5.16. The van der Waals surface area contributed by atoms with Crippen molar-refractivity contribution in [3.8, 4) is 11.1 Å². The molecule has 8 rings (SSSR count). The van der Waals surface area contributed by atoms with Gasteiger partial charge in [0.2, 0.25) is 0 Å². The maximum atomic E-state index is 5.16. The highest BCUT2D eigenvalue weighted by atomic mass is 15.3. The Hall–Kier alpha value is -5.16. The first-order valence-corrected chi connectivity index (χ1v) is 15.7. The molecule has 1 aliphatic heterocycles. The van der Waals surface area contributed by atoms with E-state index in [4.69, 9.17) is 9.97 Å². The zero-order valence-corrected chi connectivity index (χ0v) is 26.5. The topological polar surface area (TPSA) is 36.7 Å². The maximum Gasteiger partial charge on any atom is 0.137 e. The number of nitrogens with zero attached hydrogens (tertiary/aromatic N) is 5. The predicted molar refractivity (Wildman–Crippen MR) is 183 cm³/mol. The summed E-state index contributed by atoms with van der Waals surface area (Å²) >= 11 is 0. The number of benzene rings is 3. The molecule has 5 heteroatoms. The number of imidazole rings is 1. The summed E-state index contributed by atoms with van der Waals surface area (Å²) < 4.78 is 2.34. The SMILES string of the molecule is Cc1nc2cc(C3(c4cccc(N5C=CN(C)C5)c4)c4ccccc4-c4ccccc43)cc(C(C)(C)c3ccccn3)n2c1C. The van der Waals surface area contributed by atoms with Crippen molar-refractivity contribution in [3.63, 3.8) is 0 Å². The van der Waals surface area contributed by atoms with Gasteiger partial charge in [-0.1, -0.05) is 66.7 Å². The standard InChI is InChI=1S/C40H37N5/c1-27-28(2)45-37(39(3,4)36-19-10-11-20-41-36)24-30(25-38(45)42-27)40(29-13-12-14-31(23-29)44-22-21-43(5)26-44)34-17-8-6-15-32(34)33-16-7-9-18-35(33)40/h6-25H,26H2,1-5H3. The van der Waals surface area contributed by atoms with Crippen molar-refractivity contribution in [3.05, 3.63) is 167 Å². The first kappa shape index (κ1) is 27.4. The lowest BCUT2D eigenvalue weighted by Crippen LogP contribution is -2.31. The summed E-state index contributed by atoms with van der Waals surface area (Å²) in [6.07, 6.45) is 6.19. The molecule has 0 unspecified atom stereocenters. The molecule has 0 atom stereocenters. The summed E-state index contributed by atoms with van der Waals surface area (Å²) in [7, 11) is 2.11. The van der Waals surface area contributed by atoms with Gasteiger partial charge in [-0.05, 0) is 97.5 Å². The predicted octanol–water partition coefficient (Wildman–Crippen LogP) is 8.22. The van der Waals surface area contributed by atoms with Crippen LogP contribution in [0.2, 0.25) is 0 Å². The van der Waals surface area contributed by atoms with E-state index in [1.54, 1.807) is 0 Å². The zero-order valence-electron chi connectivity index (χ0n) is 26.5. The summed E-state index contributed by atoms with van der Waals surface area (Å²) in [5.74, 6) is 0. The molecule has 3 aromatic carbocycles. The Balaban J connectivity index is 1.49. The van der Waals surface area contributed by atoms with E-state index in [0.29, 0.717) is 0 Å². The summed E-state index contributed by atoms with van der Waals surface area (Å²) in [4.78, 5) is 14.5. The molecule has 1 aliphatic carbocycles. The molecule has 5 nitrogen and oxygen atoms in total. The van der Waals surface area contributed by atoms with E-state index >= 15 is 0 Å². The minimum absolute atomic E-state index is 0.390. The second-order valence-corrected chi connectivity index (χ2v) is 13.0. The number of anilines is 1. The number of hydrogen-bond donors (Lipinski definition) is 0. The molecular weight excluding hydrogens is 550 g/mol. The van der Waals surface area contributed by atoms with Gasteiger partial charge >= 0.3 is 0 Å². The van der Waals surface area contributed by atoms with Gasteiger partial charge in [-0.2, -0.15) is 0 Å². The van der Waals surface area contributed by atoms with Crippen molar-refractivity contribution >= 4 is 11.3 Å². The molecule has 45 heavy (non-hydrogen) atoms. The quantitative estimate of drug-likeness (QED) is 0.203. The van der Waals surface area contributed by atoms with E-state index in [1.807, 2.05) is 12.3 Å². The first-order chi connectivity index (χ1) is 21.8. The molecule has 0 N–H and O–H groups in total. The Kier molecular flexibility index (Phi) is 6.04. The van der Waals surface area contributed by atoms with Gasteiger partial charge in [0.05, 0.1) is 23.5 Å². The number of hydrogen-bond acceptors (Lipinski definition) is 4. The Bertz CT molecular complexity index is 2070. The molecule has 2 aliphatic rings. The van der Waals surface area contributed by atoms with Crippen LogP contribution in [0.5, 0.6) is 0 Å². The van der Waals surface area contributed by atoms with E-state index in [1.165, 1.54) is 44.8 Å². The monoisotopic (exact) mass is 587 g/mol. The largest absolute Gasteiger partial charge is 0.361 e. The molecular formula is C40H37N5.